The topological polar surface area (TPSA) is 41.6 Å². The van der Waals surface area contributed by atoms with E-state index in [1.165, 1.54) is 31.2 Å². The highest BCUT2D eigenvalue weighted by atomic mass is 16.5. The molecule has 1 amide bonds. The van der Waals surface area contributed by atoms with Crippen LogP contribution < -0.4 is 10.1 Å². The average Bonchev–Trinajstić information content (AvgIpc) is 2.84. The van der Waals surface area contributed by atoms with Crippen LogP contribution in [0.25, 0.3) is 0 Å². The van der Waals surface area contributed by atoms with Crippen molar-refractivity contribution in [3.05, 3.63) is 29.8 Å². The minimum absolute atomic E-state index is 0.0238. The second-order valence-electron chi connectivity index (χ2n) is 6.64. The molecule has 1 saturated heterocycles. The summed E-state index contributed by atoms with van der Waals surface area (Å²) in [5, 5.41) is 3.12. The van der Waals surface area contributed by atoms with E-state index in [1.807, 2.05) is 26.0 Å². The van der Waals surface area contributed by atoms with E-state index in [9.17, 15) is 4.79 Å². The fourth-order valence-electron chi connectivity index (χ4n) is 3.09. The third kappa shape index (κ3) is 5.24. The lowest BCUT2D eigenvalue weighted by molar-refractivity contribution is -0.124. The molecule has 128 valence electrons. The van der Waals surface area contributed by atoms with Gasteiger partial charge in [-0.05, 0) is 43.6 Å². The highest BCUT2D eigenvalue weighted by molar-refractivity contribution is 5.77. The Kier molecular flexibility index (Phi) is 6.90. The van der Waals surface area contributed by atoms with E-state index in [1.54, 1.807) is 7.11 Å². The van der Waals surface area contributed by atoms with Crippen LogP contribution in [0.15, 0.2) is 24.3 Å². The van der Waals surface area contributed by atoms with Crippen LogP contribution in [0.2, 0.25) is 0 Å². The molecule has 0 aliphatic carbocycles. The Morgan fingerprint density at radius 1 is 1.13 bits per heavy atom. The molecule has 1 aromatic carbocycles. The van der Waals surface area contributed by atoms with E-state index < -0.39 is 0 Å². The molecule has 0 spiro atoms. The zero-order valence-corrected chi connectivity index (χ0v) is 14.7. The Bertz CT molecular complexity index is 477. The molecule has 23 heavy (non-hydrogen) atoms. The zero-order valence-electron chi connectivity index (χ0n) is 14.7. The predicted octanol–water partition coefficient (Wildman–Crippen LogP) is 3.38. The number of amides is 1. The summed E-state index contributed by atoms with van der Waals surface area (Å²) >= 11 is 0. The van der Waals surface area contributed by atoms with Gasteiger partial charge in [-0.1, -0.05) is 38.8 Å². The monoisotopic (exact) mass is 318 g/mol. The molecular formula is C19H30N2O2. The Labute approximate surface area is 140 Å². The van der Waals surface area contributed by atoms with Crippen molar-refractivity contribution in [2.45, 2.75) is 45.6 Å². The Morgan fingerprint density at radius 2 is 1.74 bits per heavy atom. The molecule has 1 aliphatic rings. The molecule has 1 unspecified atom stereocenters. The standard InChI is InChI=1S/C19H30N2O2/c1-15(2)19(22)20-14-18(21-12-6-4-5-7-13-21)16-8-10-17(23-3)11-9-16/h8-11,15,18H,4-7,12-14H2,1-3H3,(H,20,22). The summed E-state index contributed by atoms with van der Waals surface area (Å²) in [4.78, 5) is 14.5. The molecule has 0 aromatic heterocycles. The second kappa shape index (κ2) is 8.92. The third-order valence-electron chi connectivity index (χ3n) is 4.58. The van der Waals surface area contributed by atoms with Gasteiger partial charge in [-0.25, -0.2) is 0 Å². The molecule has 4 heteroatoms. The number of benzene rings is 1. The lowest BCUT2D eigenvalue weighted by Gasteiger charge is -2.31. The SMILES string of the molecule is COc1ccc(C(CNC(=O)C(C)C)N2CCCCCC2)cc1. The van der Waals surface area contributed by atoms with Gasteiger partial charge in [0.05, 0.1) is 13.2 Å². The number of likely N-dealkylation sites (tertiary alicyclic amines) is 1. The van der Waals surface area contributed by atoms with Gasteiger partial charge in [-0.2, -0.15) is 0 Å². The minimum Gasteiger partial charge on any atom is -0.497 e. The Hall–Kier alpha value is -1.55. The smallest absolute Gasteiger partial charge is 0.222 e. The van der Waals surface area contributed by atoms with E-state index in [2.05, 4.69) is 22.3 Å². The number of hydrogen-bond acceptors (Lipinski definition) is 3. The number of nitrogens with zero attached hydrogens (tertiary/aromatic N) is 1. The fourth-order valence-corrected chi connectivity index (χ4v) is 3.09. The van der Waals surface area contributed by atoms with E-state index in [-0.39, 0.29) is 17.9 Å². The Morgan fingerprint density at radius 3 is 2.26 bits per heavy atom. The first-order chi connectivity index (χ1) is 11.1. The van der Waals surface area contributed by atoms with Gasteiger partial charge in [0.1, 0.15) is 5.75 Å². The van der Waals surface area contributed by atoms with Gasteiger partial charge in [-0.15, -0.1) is 0 Å². The van der Waals surface area contributed by atoms with Gasteiger partial charge in [0.25, 0.3) is 0 Å². The summed E-state index contributed by atoms with van der Waals surface area (Å²) in [6.07, 6.45) is 5.10. The molecule has 1 aromatic rings. The highest BCUT2D eigenvalue weighted by Gasteiger charge is 2.22. The molecule has 1 N–H and O–H groups in total. The molecule has 1 heterocycles. The van der Waals surface area contributed by atoms with Crippen molar-refractivity contribution in [2.75, 3.05) is 26.7 Å². The Balaban J connectivity index is 2.13. The van der Waals surface area contributed by atoms with Crippen molar-refractivity contribution in [3.63, 3.8) is 0 Å². The number of hydrogen-bond donors (Lipinski definition) is 1. The summed E-state index contributed by atoms with van der Waals surface area (Å²) in [6.45, 7) is 6.75. The van der Waals surface area contributed by atoms with Crippen LogP contribution in [-0.4, -0.2) is 37.6 Å². The molecular weight excluding hydrogens is 288 g/mol. The number of methoxy groups -OCH3 is 1. The summed E-state index contributed by atoms with van der Waals surface area (Å²) in [5.74, 6) is 1.02. The van der Waals surface area contributed by atoms with E-state index >= 15 is 0 Å². The lowest BCUT2D eigenvalue weighted by Crippen LogP contribution is -2.39. The van der Waals surface area contributed by atoms with Crippen LogP contribution in [-0.2, 0) is 4.79 Å². The first-order valence-electron chi connectivity index (χ1n) is 8.77. The summed E-state index contributed by atoms with van der Waals surface area (Å²) in [7, 11) is 1.68. The molecule has 0 radical (unpaired) electrons. The number of rotatable bonds is 6. The number of nitrogens with one attached hydrogen (secondary N) is 1. The van der Waals surface area contributed by atoms with Crippen LogP contribution in [0.5, 0.6) is 5.75 Å². The molecule has 1 atom stereocenters. The van der Waals surface area contributed by atoms with Crippen LogP contribution >= 0.6 is 0 Å². The summed E-state index contributed by atoms with van der Waals surface area (Å²) < 4.78 is 5.26. The van der Waals surface area contributed by atoms with Crippen molar-refractivity contribution < 1.29 is 9.53 Å². The quantitative estimate of drug-likeness (QED) is 0.874. The highest BCUT2D eigenvalue weighted by Crippen LogP contribution is 2.25. The van der Waals surface area contributed by atoms with Crippen molar-refractivity contribution in [2.24, 2.45) is 5.92 Å². The second-order valence-corrected chi connectivity index (χ2v) is 6.64. The van der Waals surface area contributed by atoms with Gasteiger partial charge in [-0.3, -0.25) is 9.69 Å². The van der Waals surface area contributed by atoms with Gasteiger partial charge in [0, 0.05) is 12.5 Å². The number of carbonyl (C=O) groups is 1. The molecule has 1 aliphatic heterocycles. The molecule has 1 fully saturated rings. The summed E-state index contributed by atoms with van der Waals surface area (Å²) in [6, 6.07) is 8.49. The van der Waals surface area contributed by atoms with Gasteiger partial charge in [0.15, 0.2) is 0 Å². The van der Waals surface area contributed by atoms with Gasteiger partial charge < -0.3 is 10.1 Å². The van der Waals surface area contributed by atoms with E-state index in [0.29, 0.717) is 6.54 Å². The maximum atomic E-state index is 12.0. The molecule has 0 saturated carbocycles. The number of carbonyl (C=O) groups excluding carboxylic acids is 1. The van der Waals surface area contributed by atoms with Crippen molar-refractivity contribution in [3.8, 4) is 5.75 Å². The van der Waals surface area contributed by atoms with Gasteiger partial charge >= 0.3 is 0 Å². The lowest BCUT2D eigenvalue weighted by atomic mass is 10.0. The first-order valence-corrected chi connectivity index (χ1v) is 8.77. The first kappa shape index (κ1) is 17.8. The third-order valence-corrected chi connectivity index (χ3v) is 4.58. The van der Waals surface area contributed by atoms with Crippen molar-refractivity contribution in [1.82, 2.24) is 10.2 Å². The average molecular weight is 318 g/mol. The molecule has 4 nitrogen and oxygen atoms in total. The zero-order chi connectivity index (χ0) is 16.7. The molecule has 0 bridgehead atoms. The van der Waals surface area contributed by atoms with Crippen molar-refractivity contribution >= 4 is 5.91 Å². The van der Waals surface area contributed by atoms with Crippen LogP contribution in [0.4, 0.5) is 0 Å². The minimum atomic E-state index is 0.0238. The normalized spacial score (nSPS) is 17.6. The molecule has 2 rings (SSSR count). The van der Waals surface area contributed by atoms with E-state index in [0.717, 1.165) is 18.8 Å². The maximum Gasteiger partial charge on any atom is 0.222 e. The maximum absolute atomic E-state index is 12.0. The van der Waals surface area contributed by atoms with Crippen LogP contribution in [0.1, 0.15) is 51.1 Å². The van der Waals surface area contributed by atoms with Crippen LogP contribution in [0, 0.1) is 5.92 Å². The fraction of sp³-hybridized carbons (Fsp3) is 0.632. The largest absolute Gasteiger partial charge is 0.497 e. The number of ether oxygens (including phenoxy) is 1. The van der Waals surface area contributed by atoms with Gasteiger partial charge in [0.2, 0.25) is 5.91 Å². The predicted molar refractivity (Wildman–Crippen MR) is 93.6 cm³/mol. The van der Waals surface area contributed by atoms with E-state index in [4.69, 9.17) is 4.74 Å². The summed E-state index contributed by atoms with van der Waals surface area (Å²) in [5.41, 5.74) is 1.25. The van der Waals surface area contributed by atoms with Crippen LogP contribution in [0.3, 0.4) is 0 Å². The van der Waals surface area contributed by atoms with Crippen molar-refractivity contribution in [1.29, 1.82) is 0 Å².